The number of aromatic carboxylic acids is 1. The number of rotatable bonds is 8. The van der Waals surface area contributed by atoms with Gasteiger partial charge in [-0.3, -0.25) is 0 Å². The number of aryl methyl sites for hydroxylation is 2. The molecule has 3 aromatic rings. The van der Waals surface area contributed by atoms with Crippen molar-refractivity contribution < 1.29 is 19.4 Å². The zero-order chi connectivity index (χ0) is 21.5. The van der Waals surface area contributed by atoms with E-state index in [9.17, 15) is 9.90 Å². The Morgan fingerprint density at radius 3 is 2.45 bits per heavy atom. The van der Waals surface area contributed by atoms with Crippen molar-refractivity contribution in [2.45, 2.75) is 38.4 Å². The van der Waals surface area contributed by atoms with E-state index in [-0.39, 0.29) is 11.9 Å². The van der Waals surface area contributed by atoms with Crippen molar-refractivity contribution >= 4 is 17.3 Å². The Labute approximate surface area is 182 Å². The summed E-state index contributed by atoms with van der Waals surface area (Å²) < 4.78 is 11.5. The van der Waals surface area contributed by atoms with Gasteiger partial charge in [-0.2, -0.15) is 0 Å². The van der Waals surface area contributed by atoms with Crippen LogP contribution in [0.15, 0.2) is 72.8 Å². The van der Waals surface area contributed by atoms with Gasteiger partial charge in [0.2, 0.25) is 0 Å². The van der Waals surface area contributed by atoms with Crippen molar-refractivity contribution in [2.75, 3.05) is 11.9 Å². The van der Waals surface area contributed by atoms with Crippen LogP contribution >= 0.6 is 0 Å². The van der Waals surface area contributed by atoms with Gasteiger partial charge in [-0.15, -0.1) is 0 Å². The Bertz CT molecular complexity index is 996. The lowest BCUT2D eigenvalue weighted by Crippen LogP contribution is -2.24. The molecule has 1 fully saturated rings. The predicted molar refractivity (Wildman–Crippen MR) is 121 cm³/mol. The molecule has 2 N–H and O–H groups in total. The molecule has 0 radical (unpaired) electrons. The molecule has 0 aliphatic carbocycles. The molecule has 160 valence electrons. The van der Waals surface area contributed by atoms with Gasteiger partial charge in [0.05, 0.1) is 17.9 Å². The van der Waals surface area contributed by atoms with E-state index in [1.54, 1.807) is 6.07 Å². The third-order valence-corrected chi connectivity index (χ3v) is 5.40. The minimum atomic E-state index is -0.952. The SMILES string of the molecule is O=C(O)c1ccc(CCc2ccccc2)cc1Nc1ccc(OC2CCCCO2)cc1. The van der Waals surface area contributed by atoms with Gasteiger partial charge in [0.1, 0.15) is 5.75 Å². The molecule has 1 aliphatic rings. The number of nitrogens with one attached hydrogen (secondary N) is 1. The summed E-state index contributed by atoms with van der Waals surface area (Å²) in [7, 11) is 0. The molecular weight excluding hydrogens is 390 g/mol. The van der Waals surface area contributed by atoms with Crippen molar-refractivity contribution in [3.8, 4) is 5.75 Å². The van der Waals surface area contributed by atoms with E-state index in [0.29, 0.717) is 5.69 Å². The van der Waals surface area contributed by atoms with Crippen molar-refractivity contribution in [2.24, 2.45) is 0 Å². The van der Waals surface area contributed by atoms with Gasteiger partial charge >= 0.3 is 5.97 Å². The molecule has 5 nitrogen and oxygen atoms in total. The van der Waals surface area contributed by atoms with Gasteiger partial charge in [0.25, 0.3) is 0 Å². The average molecular weight is 418 g/mol. The second-order valence-corrected chi connectivity index (χ2v) is 7.73. The highest BCUT2D eigenvalue weighted by molar-refractivity contribution is 5.95. The first-order valence-corrected chi connectivity index (χ1v) is 10.7. The normalized spacial score (nSPS) is 15.9. The monoisotopic (exact) mass is 417 g/mol. The lowest BCUT2D eigenvalue weighted by atomic mass is 10.0. The number of anilines is 2. The fourth-order valence-electron chi connectivity index (χ4n) is 3.70. The number of carboxylic acids is 1. The third kappa shape index (κ3) is 5.86. The molecule has 31 heavy (non-hydrogen) atoms. The molecule has 1 heterocycles. The van der Waals surface area contributed by atoms with E-state index >= 15 is 0 Å². The van der Waals surface area contributed by atoms with Gasteiger partial charge in [-0.25, -0.2) is 4.79 Å². The summed E-state index contributed by atoms with van der Waals surface area (Å²) >= 11 is 0. The molecule has 0 bridgehead atoms. The highest BCUT2D eigenvalue weighted by atomic mass is 16.7. The molecule has 3 aromatic carbocycles. The van der Waals surface area contributed by atoms with Crippen LogP contribution in [0.25, 0.3) is 0 Å². The Morgan fingerprint density at radius 1 is 0.968 bits per heavy atom. The van der Waals surface area contributed by atoms with Crippen LogP contribution < -0.4 is 10.1 Å². The molecular formula is C26H27NO4. The number of ether oxygens (including phenoxy) is 2. The molecule has 1 unspecified atom stereocenters. The number of carboxylic acid groups (broad SMARTS) is 1. The van der Waals surface area contributed by atoms with E-state index in [1.807, 2.05) is 54.6 Å². The van der Waals surface area contributed by atoms with Gasteiger partial charge in [-0.05, 0) is 73.2 Å². The zero-order valence-electron chi connectivity index (χ0n) is 17.4. The first-order chi connectivity index (χ1) is 15.2. The maximum absolute atomic E-state index is 11.7. The summed E-state index contributed by atoms with van der Waals surface area (Å²) in [5, 5.41) is 12.9. The Balaban J connectivity index is 1.44. The second-order valence-electron chi connectivity index (χ2n) is 7.73. The average Bonchev–Trinajstić information content (AvgIpc) is 2.80. The van der Waals surface area contributed by atoms with Crippen molar-refractivity contribution in [3.05, 3.63) is 89.5 Å². The van der Waals surface area contributed by atoms with Crippen molar-refractivity contribution in [1.82, 2.24) is 0 Å². The number of hydrogen-bond acceptors (Lipinski definition) is 4. The van der Waals surface area contributed by atoms with Crippen molar-refractivity contribution in [3.63, 3.8) is 0 Å². The van der Waals surface area contributed by atoms with Crippen LogP contribution in [0.1, 0.15) is 40.7 Å². The molecule has 1 aliphatic heterocycles. The molecule has 0 amide bonds. The van der Waals surface area contributed by atoms with E-state index in [1.165, 1.54) is 5.56 Å². The van der Waals surface area contributed by atoms with Crippen molar-refractivity contribution in [1.29, 1.82) is 0 Å². The fourth-order valence-corrected chi connectivity index (χ4v) is 3.70. The minimum Gasteiger partial charge on any atom is -0.478 e. The molecule has 1 atom stereocenters. The first-order valence-electron chi connectivity index (χ1n) is 10.7. The molecule has 5 heteroatoms. The predicted octanol–water partition coefficient (Wildman–Crippen LogP) is 5.82. The largest absolute Gasteiger partial charge is 0.478 e. The summed E-state index contributed by atoms with van der Waals surface area (Å²) in [4.78, 5) is 11.7. The minimum absolute atomic E-state index is 0.188. The Hall–Kier alpha value is -3.31. The van der Waals surface area contributed by atoms with Gasteiger partial charge < -0.3 is 19.9 Å². The quantitative estimate of drug-likeness (QED) is 0.483. The van der Waals surface area contributed by atoms with Crippen LogP contribution in [-0.2, 0) is 17.6 Å². The first kappa shape index (κ1) is 20.9. The fraction of sp³-hybridized carbons (Fsp3) is 0.269. The number of benzene rings is 3. The summed E-state index contributed by atoms with van der Waals surface area (Å²) in [5.74, 6) is -0.209. The third-order valence-electron chi connectivity index (χ3n) is 5.40. The smallest absolute Gasteiger partial charge is 0.337 e. The highest BCUT2D eigenvalue weighted by Gasteiger charge is 2.15. The van der Waals surface area contributed by atoms with Gasteiger partial charge in [0, 0.05) is 12.1 Å². The zero-order valence-corrected chi connectivity index (χ0v) is 17.4. The van der Waals surface area contributed by atoms with Crippen LogP contribution in [-0.4, -0.2) is 24.0 Å². The van der Waals surface area contributed by atoms with E-state index < -0.39 is 5.97 Å². The van der Waals surface area contributed by atoms with Crippen LogP contribution in [0.4, 0.5) is 11.4 Å². The topological polar surface area (TPSA) is 67.8 Å². The standard InChI is InChI=1S/C26H27NO4/c28-26(29)23-16-11-20(10-9-19-6-2-1-3-7-19)18-24(23)27-21-12-14-22(15-13-21)31-25-8-4-5-17-30-25/h1-3,6-7,11-16,18,25,27H,4-5,8-10,17H2,(H,28,29). The summed E-state index contributed by atoms with van der Waals surface area (Å²) in [6, 6.07) is 23.3. The van der Waals surface area contributed by atoms with Crippen LogP contribution in [0.3, 0.4) is 0 Å². The van der Waals surface area contributed by atoms with E-state index in [2.05, 4.69) is 17.4 Å². The number of hydrogen-bond donors (Lipinski definition) is 2. The maximum atomic E-state index is 11.7. The molecule has 1 saturated heterocycles. The van der Waals surface area contributed by atoms with Gasteiger partial charge in [-0.1, -0.05) is 36.4 Å². The number of carbonyl (C=O) groups is 1. The molecule has 0 spiro atoms. The Kier molecular flexibility index (Phi) is 6.85. The Morgan fingerprint density at radius 2 is 1.74 bits per heavy atom. The molecule has 0 aromatic heterocycles. The van der Waals surface area contributed by atoms with E-state index in [4.69, 9.17) is 9.47 Å². The van der Waals surface area contributed by atoms with Crippen LogP contribution in [0.5, 0.6) is 5.75 Å². The molecule has 0 saturated carbocycles. The summed E-state index contributed by atoms with van der Waals surface area (Å²) in [5.41, 5.74) is 3.99. The second kappa shape index (κ2) is 10.1. The lowest BCUT2D eigenvalue weighted by molar-refractivity contribution is -0.105. The van der Waals surface area contributed by atoms with Gasteiger partial charge in [0.15, 0.2) is 6.29 Å². The summed E-state index contributed by atoms with van der Waals surface area (Å²) in [6.07, 6.45) is 4.65. The van der Waals surface area contributed by atoms with E-state index in [0.717, 1.165) is 55.7 Å². The van der Waals surface area contributed by atoms with Crippen LogP contribution in [0, 0.1) is 0 Å². The molecule has 4 rings (SSSR count). The van der Waals surface area contributed by atoms with Crippen LogP contribution in [0.2, 0.25) is 0 Å². The maximum Gasteiger partial charge on any atom is 0.337 e. The summed E-state index contributed by atoms with van der Waals surface area (Å²) in [6.45, 7) is 0.739. The lowest BCUT2D eigenvalue weighted by Gasteiger charge is -2.23. The highest BCUT2D eigenvalue weighted by Crippen LogP contribution is 2.26.